The van der Waals surface area contributed by atoms with E-state index in [1.165, 1.54) is 11.8 Å². The van der Waals surface area contributed by atoms with Gasteiger partial charge in [-0.2, -0.15) is 0 Å². The van der Waals surface area contributed by atoms with E-state index in [1.54, 1.807) is 42.7 Å². The van der Waals surface area contributed by atoms with Crippen molar-refractivity contribution in [1.29, 1.82) is 0 Å². The van der Waals surface area contributed by atoms with Crippen molar-refractivity contribution in [3.8, 4) is 0 Å². The van der Waals surface area contributed by atoms with Crippen LogP contribution >= 0.6 is 23.4 Å². The van der Waals surface area contributed by atoms with Gasteiger partial charge in [-0.25, -0.2) is 4.99 Å². The van der Waals surface area contributed by atoms with Gasteiger partial charge >= 0.3 is 0 Å². The highest BCUT2D eigenvalue weighted by Gasteiger charge is 2.23. The molecule has 1 saturated heterocycles. The maximum atomic E-state index is 11.9. The van der Waals surface area contributed by atoms with Gasteiger partial charge in [0, 0.05) is 17.4 Å². The van der Waals surface area contributed by atoms with Crippen LogP contribution in [0.15, 0.2) is 58.7 Å². The summed E-state index contributed by atoms with van der Waals surface area (Å²) in [5, 5.41) is 3.94. The minimum atomic E-state index is -0.156. The fourth-order valence-electron chi connectivity index (χ4n) is 1.73. The molecule has 1 aromatic carbocycles. The highest BCUT2D eigenvalue weighted by atomic mass is 35.5. The number of amidine groups is 1. The Bertz CT molecular complexity index is 726. The van der Waals surface area contributed by atoms with Crippen LogP contribution in [0.3, 0.4) is 0 Å². The van der Waals surface area contributed by atoms with Crippen LogP contribution in [0.2, 0.25) is 5.02 Å². The average molecular weight is 316 g/mol. The summed E-state index contributed by atoms with van der Waals surface area (Å²) in [4.78, 5) is 20.9. The van der Waals surface area contributed by atoms with Crippen molar-refractivity contribution in [2.24, 2.45) is 4.99 Å². The predicted molar refractivity (Wildman–Crippen MR) is 86.5 cm³/mol. The number of halogens is 1. The van der Waals surface area contributed by atoms with Crippen molar-refractivity contribution in [3.63, 3.8) is 0 Å². The molecule has 104 valence electrons. The number of thioether (sulfide) groups is 1. The Morgan fingerprint density at radius 3 is 2.76 bits per heavy atom. The standard InChI is InChI=1S/C15H10ClN3OS/c16-11-3-5-12(6-4-11)18-15-19-14(20)13(21-15)8-10-2-1-7-17-9-10/h1-9H,(H,18,19,20). The van der Waals surface area contributed by atoms with Crippen LogP contribution in [0.1, 0.15) is 5.56 Å². The van der Waals surface area contributed by atoms with Crippen LogP contribution in [0.5, 0.6) is 0 Å². The average Bonchev–Trinajstić information content (AvgIpc) is 2.82. The maximum Gasteiger partial charge on any atom is 0.264 e. The summed E-state index contributed by atoms with van der Waals surface area (Å²) in [6, 6.07) is 10.8. The number of hydrogen-bond donors (Lipinski definition) is 1. The van der Waals surface area contributed by atoms with E-state index in [2.05, 4.69) is 15.3 Å². The largest absolute Gasteiger partial charge is 0.300 e. The number of hydrogen-bond acceptors (Lipinski definition) is 4. The molecule has 0 unspecified atom stereocenters. The Morgan fingerprint density at radius 2 is 2.05 bits per heavy atom. The molecule has 0 saturated carbocycles. The number of carbonyl (C=O) groups is 1. The number of amides is 1. The van der Waals surface area contributed by atoms with E-state index in [0.717, 1.165) is 11.3 Å². The molecule has 0 spiro atoms. The molecule has 2 heterocycles. The summed E-state index contributed by atoms with van der Waals surface area (Å²) in [6.07, 6.45) is 5.18. The molecule has 1 aromatic heterocycles. The predicted octanol–water partition coefficient (Wildman–Crippen LogP) is 3.63. The molecular weight excluding hydrogens is 306 g/mol. The van der Waals surface area contributed by atoms with Gasteiger partial charge in [-0.05, 0) is 53.7 Å². The number of carbonyl (C=O) groups excluding carboxylic acids is 1. The van der Waals surface area contributed by atoms with Crippen molar-refractivity contribution in [1.82, 2.24) is 10.3 Å². The van der Waals surface area contributed by atoms with Crippen LogP contribution in [0, 0.1) is 0 Å². The van der Waals surface area contributed by atoms with Crippen molar-refractivity contribution in [3.05, 3.63) is 64.3 Å². The fourth-order valence-corrected chi connectivity index (χ4v) is 2.69. The van der Waals surface area contributed by atoms with Gasteiger partial charge in [-0.15, -0.1) is 0 Å². The lowest BCUT2D eigenvalue weighted by Gasteiger charge is -1.96. The van der Waals surface area contributed by atoms with E-state index < -0.39 is 0 Å². The highest BCUT2D eigenvalue weighted by Crippen LogP contribution is 2.28. The van der Waals surface area contributed by atoms with E-state index in [0.29, 0.717) is 15.1 Å². The van der Waals surface area contributed by atoms with Crippen LogP contribution in [0.4, 0.5) is 5.69 Å². The van der Waals surface area contributed by atoms with Gasteiger partial charge < -0.3 is 5.32 Å². The van der Waals surface area contributed by atoms with E-state index >= 15 is 0 Å². The number of nitrogens with zero attached hydrogens (tertiary/aromatic N) is 2. The minimum Gasteiger partial charge on any atom is -0.300 e. The molecule has 0 radical (unpaired) electrons. The van der Waals surface area contributed by atoms with Gasteiger partial charge in [-0.3, -0.25) is 9.78 Å². The zero-order chi connectivity index (χ0) is 14.7. The van der Waals surface area contributed by atoms with Gasteiger partial charge in [-0.1, -0.05) is 17.7 Å². The summed E-state index contributed by atoms with van der Waals surface area (Å²) in [7, 11) is 0. The summed E-state index contributed by atoms with van der Waals surface area (Å²) >= 11 is 7.13. The summed E-state index contributed by atoms with van der Waals surface area (Å²) in [5.41, 5.74) is 1.62. The first-order valence-corrected chi connectivity index (χ1v) is 7.35. The number of benzene rings is 1. The van der Waals surface area contributed by atoms with Crippen molar-refractivity contribution in [2.75, 3.05) is 0 Å². The molecule has 21 heavy (non-hydrogen) atoms. The molecule has 6 heteroatoms. The molecular formula is C15H10ClN3OS. The van der Waals surface area contributed by atoms with Crippen LogP contribution in [0.25, 0.3) is 6.08 Å². The molecule has 2 aromatic rings. The zero-order valence-corrected chi connectivity index (χ0v) is 12.4. The molecule has 1 amide bonds. The van der Waals surface area contributed by atoms with E-state index in [1.807, 2.05) is 12.1 Å². The Kier molecular flexibility index (Phi) is 4.03. The highest BCUT2D eigenvalue weighted by molar-refractivity contribution is 8.18. The van der Waals surface area contributed by atoms with Crippen molar-refractivity contribution >= 4 is 46.2 Å². The zero-order valence-electron chi connectivity index (χ0n) is 10.8. The fraction of sp³-hybridized carbons (Fsp3) is 0. The lowest BCUT2D eigenvalue weighted by Crippen LogP contribution is -2.19. The second-order valence-corrected chi connectivity index (χ2v) is 5.71. The molecule has 0 atom stereocenters. The first kappa shape index (κ1) is 13.9. The normalized spacial score (nSPS) is 18.2. The molecule has 1 aliphatic heterocycles. The third-order valence-electron chi connectivity index (χ3n) is 2.69. The monoisotopic (exact) mass is 315 g/mol. The molecule has 1 aliphatic rings. The molecule has 1 fully saturated rings. The third-order valence-corrected chi connectivity index (χ3v) is 3.85. The quantitative estimate of drug-likeness (QED) is 0.861. The van der Waals surface area contributed by atoms with E-state index in [4.69, 9.17) is 11.6 Å². The van der Waals surface area contributed by atoms with Crippen LogP contribution in [-0.4, -0.2) is 16.1 Å². The number of rotatable bonds is 2. The first-order valence-electron chi connectivity index (χ1n) is 6.16. The Morgan fingerprint density at radius 1 is 1.24 bits per heavy atom. The Labute approximate surface area is 131 Å². The second kappa shape index (κ2) is 6.11. The summed E-state index contributed by atoms with van der Waals surface area (Å²) in [6.45, 7) is 0. The number of aromatic nitrogens is 1. The van der Waals surface area contributed by atoms with E-state index in [9.17, 15) is 4.79 Å². The van der Waals surface area contributed by atoms with Gasteiger partial charge in [0.05, 0.1) is 10.6 Å². The van der Waals surface area contributed by atoms with Crippen LogP contribution in [-0.2, 0) is 4.79 Å². The SMILES string of the molecule is O=C1NC(=Nc2ccc(Cl)cc2)SC1=Cc1cccnc1. The van der Waals surface area contributed by atoms with Crippen molar-refractivity contribution < 1.29 is 4.79 Å². The third kappa shape index (κ3) is 3.51. The molecule has 0 bridgehead atoms. The Balaban J connectivity index is 1.81. The molecule has 3 rings (SSSR count). The number of aliphatic imine (C=N–C) groups is 1. The summed E-state index contributed by atoms with van der Waals surface area (Å²) < 4.78 is 0. The minimum absolute atomic E-state index is 0.156. The smallest absolute Gasteiger partial charge is 0.264 e. The van der Waals surface area contributed by atoms with Gasteiger partial charge in [0.1, 0.15) is 0 Å². The second-order valence-electron chi connectivity index (χ2n) is 4.24. The topological polar surface area (TPSA) is 54.4 Å². The van der Waals surface area contributed by atoms with E-state index in [-0.39, 0.29) is 5.91 Å². The number of pyridine rings is 1. The summed E-state index contributed by atoms with van der Waals surface area (Å²) in [5.74, 6) is -0.156. The van der Waals surface area contributed by atoms with Gasteiger partial charge in [0.15, 0.2) is 5.17 Å². The van der Waals surface area contributed by atoms with Crippen molar-refractivity contribution in [2.45, 2.75) is 0 Å². The molecule has 0 aliphatic carbocycles. The number of nitrogens with one attached hydrogen (secondary N) is 1. The molecule has 1 N–H and O–H groups in total. The lowest BCUT2D eigenvalue weighted by molar-refractivity contribution is -0.115. The maximum absolute atomic E-state index is 11.9. The first-order chi connectivity index (χ1) is 10.2. The lowest BCUT2D eigenvalue weighted by atomic mass is 10.2. The van der Waals surface area contributed by atoms with Gasteiger partial charge in [0.25, 0.3) is 5.91 Å². The molecule has 4 nitrogen and oxygen atoms in total. The van der Waals surface area contributed by atoms with Crippen LogP contribution < -0.4 is 5.32 Å². The Hall–Kier alpha value is -2.11. The van der Waals surface area contributed by atoms with Gasteiger partial charge in [0.2, 0.25) is 0 Å².